The summed E-state index contributed by atoms with van der Waals surface area (Å²) in [7, 11) is 0. The molecule has 13 N–H and O–H groups in total. The molecule has 21 heteroatoms. The lowest BCUT2D eigenvalue weighted by Gasteiger charge is -2.22. The minimum Gasteiger partial charge on any atom is -0.480 e. The Morgan fingerprint density at radius 1 is 0.820 bits per heavy atom. The molecule has 6 amide bonds. The topological polar surface area (TPSA) is 328 Å². The first-order valence-electron chi connectivity index (χ1n) is 14.9. The normalized spacial score (nSPS) is 11.7. The van der Waals surface area contributed by atoms with Gasteiger partial charge in [-0.3, -0.25) is 28.8 Å². The quantitative estimate of drug-likeness (QED) is 0.0551. The molecule has 0 aliphatic carbocycles. The molecule has 0 fully saturated rings. The van der Waals surface area contributed by atoms with Crippen molar-refractivity contribution >= 4 is 70.6 Å². The molecule has 2 aromatic rings. The van der Waals surface area contributed by atoms with Crippen molar-refractivity contribution in [2.24, 2.45) is 22.4 Å². The van der Waals surface area contributed by atoms with Gasteiger partial charge in [0.25, 0.3) is 0 Å². The Morgan fingerprint density at radius 2 is 1.38 bits per heavy atom. The number of carbonyl (C=O) groups is 7. The van der Waals surface area contributed by atoms with Gasteiger partial charge in [0.1, 0.15) is 12.1 Å². The van der Waals surface area contributed by atoms with E-state index in [0.717, 1.165) is 0 Å². The summed E-state index contributed by atoms with van der Waals surface area (Å²) in [5, 5.41) is 23.6. The number of hydrogen-bond donors (Lipinski definition) is 10. The van der Waals surface area contributed by atoms with Crippen LogP contribution in [0.15, 0.2) is 35.3 Å². The van der Waals surface area contributed by atoms with Gasteiger partial charge in [-0.1, -0.05) is 55.8 Å². The molecule has 0 bridgehead atoms. The van der Waals surface area contributed by atoms with Crippen LogP contribution in [0.1, 0.15) is 36.3 Å². The number of rotatable bonds is 18. The summed E-state index contributed by atoms with van der Waals surface area (Å²) in [5.41, 5.74) is 16.3. The van der Waals surface area contributed by atoms with Crippen molar-refractivity contribution in [1.29, 1.82) is 0 Å². The molecule has 20 nitrogen and oxygen atoms in total. The maximum Gasteiger partial charge on any atom is 0.326 e. The second-order valence-electron chi connectivity index (χ2n) is 11.0. The van der Waals surface area contributed by atoms with Crippen LogP contribution < -0.4 is 49.1 Å². The second kappa shape index (κ2) is 19.7. The molecule has 2 rings (SSSR count). The number of anilines is 2. The van der Waals surface area contributed by atoms with Crippen LogP contribution in [-0.2, 0) is 35.2 Å². The fraction of sp³-hybridized carbons (Fsp3) is 0.379. The monoisotopic (exact) mass is 718 g/mol. The van der Waals surface area contributed by atoms with Gasteiger partial charge in [0, 0.05) is 6.42 Å². The largest absolute Gasteiger partial charge is 0.480 e. The van der Waals surface area contributed by atoms with Crippen LogP contribution in [-0.4, -0.2) is 101 Å². The molecule has 0 spiro atoms. The highest BCUT2D eigenvalue weighted by atomic mass is 35.5. The zero-order valence-electron chi connectivity index (χ0n) is 27.1. The number of aliphatic carboxylic acids is 1. The number of carbonyl (C=O) groups excluding carboxylic acids is 6. The van der Waals surface area contributed by atoms with Crippen LogP contribution >= 0.6 is 11.6 Å². The molecule has 0 saturated heterocycles. The number of benzene rings is 1. The number of nitrogens with one attached hydrogen (secondary N) is 6. The van der Waals surface area contributed by atoms with E-state index in [4.69, 9.17) is 28.8 Å². The lowest BCUT2D eigenvalue weighted by molar-refractivity contribution is -0.142. The summed E-state index contributed by atoms with van der Waals surface area (Å²) in [6.45, 7) is 1.57. The number of hydrogen-bond acceptors (Lipinski definition) is 11. The van der Waals surface area contributed by atoms with E-state index in [1.807, 2.05) is 13.8 Å². The third-order valence-electron chi connectivity index (χ3n) is 6.32. The number of nitrogens with two attached hydrogens (primary N) is 3. The van der Waals surface area contributed by atoms with Crippen molar-refractivity contribution in [3.8, 4) is 0 Å². The van der Waals surface area contributed by atoms with E-state index in [-0.39, 0.29) is 35.5 Å². The summed E-state index contributed by atoms with van der Waals surface area (Å²) in [5.74, 6) is -6.88. The van der Waals surface area contributed by atoms with Gasteiger partial charge in [-0.2, -0.15) is 4.99 Å². The third-order valence-corrected chi connectivity index (χ3v) is 6.59. The Hall–Kier alpha value is -6.05. The highest BCUT2D eigenvalue weighted by Gasteiger charge is 2.27. The molecule has 0 radical (unpaired) electrons. The number of carboxylic acid groups (broad SMARTS) is 1. The predicted molar refractivity (Wildman–Crippen MR) is 180 cm³/mol. The molecule has 2 atom stereocenters. The molecule has 1 aromatic heterocycles. The van der Waals surface area contributed by atoms with Crippen molar-refractivity contribution < 1.29 is 38.7 Å². The minimum atomic E-state index is -1.21. The molecular weight excluding hydrogens is 680 g/mol. The number of aromatic nitrogens is 2. The minimum absolute atomic E-state index is 0.0219. The first kappa shape index (κ1) is 40.1. The smallest absolute Gasteiger partial charge is 0.326 e. The third kappa shape index (κ3) is 14.4. The van der Waals surface area contributed by atoms with E-state index in [1.54, 1.807) is 30.3 Å². The van der Waals surface area contributed by atoms with Crippen LogP contribution in [0, 0.1) is 5.92 Å². The van der Waals surface area contributed by atoms with Crippen LogP contribution in [0.3, 0.4) is 0 Å². The Balaban J connectivity index is 1.81. The maximum atomic E-state index is 13.0. The summed E-state index contributed by atoms with van der Waals surface area (Å²) in [6.07, 6.45) is 0.233. The number of aliphatic imine (C=N–C) groups is 1. The highest BCUT2D eigenvalue weighted by molar-refractivity contribution is 6.32. The molecule has 0 saturated carbocycles. The van der Waals surface area contributed by atoms with E-state index in [0.29, 0.717) is 5.56 Å². The molecule has 1 aromatic carbocycles. The Labute approximate surface area is 290 Å². The number of carboxylic acids is 1. The fourth-order valence-electron chi connectivity index (χ4n) is 4.03. The zero-order valence-corrected chi connectivity index (χ0v) is 27.9. The fourth-order valence-corrected chi connectivity index (χ4v) is 4.22. The average Bonchev–Trinajstić information content (AvgIpc) is 3.04. The summed E-state index contributed by atoms with van der Waals surface area (Å²) in [4.78, 5) is 96.6. The van der Waals surface area contributed by atoms with E-state index >= 15 is 0 Å². The second-order valence-corrected chi connectivity index (χ2v) is 11.3. The van der Waals surface area contributed by atoms with Gasteiger partial charge < -0.3 is 54.2 Å². The zero-order chi connectivity index (χ0) is 37.4. The standard InChI is InChI=1S/C29H39ClN12O8/c1-14(2)8-17(28(49)50)39-26(47)16(9-15-6-4-3-5-7-15)38-21(46)13-36-19(44)11-34-18(43)10-35-20(45)12-37-25-23(30)40-22(24(31)41-25)27(48)42-29(32)33/h3-7,14,16-17H,8-13H2,1-2H3,(H,34,43)(H,35,45)(H,36,44)(H,38,46)(H,39,47)(H,49,50)(H3,31,37,41)(H4,32,33,42,48)/t16-,17-/m0/s1. The van der Waals surface area contributed by atoms with Crippen LogP contribution in [0.4, 0.5) is 11.6 Å². The van der Waals surface area contributed by atoms with Crippen molar-refractivity contribution in [3.05, 3.63) is 46.7 Å². The van der Waals surface area contributed by atoms with Gasteiger partial charge in [-0.25, -0.2) is 14.8 Å². The number of nitrogen functional groups attached to an aromatic ring is 1. The van der Waals surface area contributed by atoms with Gasteiger partial charge >= 0.3 is 11.9 Å². The Bertz CT molecular complexity index is 1600. The van der Waals surface area contributed by atoms with Crippen LogP contribution in [0.25, 0.3) is 0 Å². The Kier molecular flexibility index (Phi) is 15.8. The van der Waals surface area contributed by atoms with Crippen LogP contribution in [0.2, 0.25) is 5.15 Å². The van der Waals surface area contributed by atoms with Crippen molar-refractivity contribution in [3.63, 3.8) is 0 Å². The van der Waals surface area contributed by atoms with Crippen molar-refractivity contribution in [2.75, 3.05) is 37.2 Å². The predicted octanol–water partition coefficient (Wildman–Crippen LogP) is -2.77. The van der Waals surface area contributed by atoms with Gasteiger partial charge in [-0.15, -0.1) is 0 Å². The lowest BCUT2D eigenvalue weighted by Crippen LogP contribution is -2.54. The van der Waals surface area contributed by atoms with Crippen LogP contribution in [0.5, 0.6) is 0 Å². The van der Waals surface area contributed by atoms with Gasteiger partial charge in [0.15, 0.2) is 28.4 Å². The van der Waals surface area contributed by atoms with Crippen molar-refractivity contribution in [2.45, 2.75) is 38.8 Å². The van der Waals surface area contributed by atoms with Crippen molar-refractivity contribution in [1.82, 2.24) is 36.6 Å². The molecule has 0 unspecified atom stereocenters. The van der Waals surface area contributed by atoms with E-state index in [2.05, 4.69) is 46.9 Å². The number of amides is 6. The molecule has 1 heterocycles. The molecule has 0 aliphatic heterocycles. The number of guanidine groups is 1. The highest BCUT2D eigenvalue weighted by Crippen LogP contribution is 2.20. The Morgan fingerprint density at radius 3 is 1.92 bits per heavy atom. The summed E-state index contributed by atoms with van der Waals surface area (Å²) >= 11 is 5.97. The van der Waals surface area contributed by atoms with Gasteiger partial charge in [0.2, 0.25) is 29.5 Å². The first-order chi connectivity index (χ1) is 23.5. The van der Waals surface area contributed by atoms with E-state index < -0.39 is 91.3 Å². The molecular formula is C29H39ClN12O8. The van der Waals surface area contributed by atoms with E-state index in [9.17, 15) is 38.7 Å². The van der Waals surface area contributed by atoms with Gasteiger partial charge in [-0.05, 0) is 17.9 Å². The maximum absolute atomic E-state index is 13.0. The molecule has 50 heavy (non-hydrogen) atoms. The van der Waals surface area contributed by atoms with E-state index in [1.165, 1.54) is 0 Å². The first-order valence-corrected chi connectivity index (χ1v) is 15.3. The average molecular weight is 719 g/mol. The number of nitrogens with zero attached hydrogens (tertiary/aromatic N) is 3. The van der Waals surface area contributed by atoms with Gasteiger partial charge in [0.05, 0.1) is 26.2 Å². The SMILES string of the molecule is CC(C)C[C@H](NC(=O)[C@H](Cc1ccccc1)NC(=O)CNC(=O)CNC(=O)CNC(=O)CNc1nc(N)c(C(=O)N=C(N)N)nc1Cl)C(=O)O. The number of halogens is 1. The molecule has 270 valence electrons. The summed E-state index contributed by atoms with van der Waals surface area (Å²) in [6, 6.07) is 6.43. The lowest BCUT2D eigenvalue weighted by atomic mass is 10.0. The summed E-state index contributed by atoms with van der Waals surface area (Å²) < 4.78 is 0. The molecule has 0 aliphatic rings.